The van der Waals surface area contributed by atoms with Gasteiger partial charge in [-0.15, -0.1) is 0 Å². The Morgan fingerprint density at radius 2 is 1.71 bits per heavy atom. The lowest BCUT2D eigenvalue weighted by atomic mass is 9.81. The van der Waals surface area contributed by atoms with Gasteiger partial charge in [-0.3, -0.25) is 4.79 Å². The highest BCUT2D eigenvalue weighted by atomic mass is 28.4. The third kappa shape index (κ3) is 6.37. The standard InChI is InChI=1S/C24H40O3Si/c1-7-8-9-14-23(25)26-22-13-11-10-12-21(22)19-15-17-20(18-16-19)27-28(5,6)24(2,3)4/h15-18,21-22H,7-14H2,1-6H3. The molecule has 1 aliphatic rings. The van der Waals surface area contributed by atoms with Crippen LogP contribution >= 0.6 is 0 Å². The smallest absolute Gasteiger partial charge is 0.306 e. The van der Waals surface area contributed by atoms with Crippen molar-refractivity contribution in [1.82, 2.24) is 0 Å². The molecule has 0 radical (unpaired) electrons. The zero-order valence-corrected chi connectivity index (χ0v) is 19.8. The molecule has 2 unspecified atom stereocenters. The molecule has 0 aliphatic heterocycles. The summed E-state index contributed by atoms with van der Waals surface area (Å²) in [7, 11) is -1.82. The summed E-state index contributed by atoms with van der Waals surface area (Å²) in [6, 6.07) is 8.56. The quantitative estimate of drug-likeness (QED) is 0.261. The predicted octanol–water partition coefficient (Wildman–Crippen LogP) is 7.22. The lowest BCUT2D eigenvalue weighted by molar-refractivity contribution is -0.151. The van der Waals surface area contributed by atoms with Gasteiger partial charge in [-0.05, 0) is 61.5 Å². The number of benzene rings is 1. The molecule has 1 aliphatic carbocycles. The molecule has 4 heteroatoms. The molecule has 1 saturated carbocycles. The van der Waals surface area contributed by atoms with Crippen molar-refractivity contribution in [1.29, 1.82) is 0 Å². The molecule has 0 bridgehead atoms. The van der Waals surface area contributed by atoms with Crippen LogP contribution in [0, 0.1) is 0 Å². The number of rotatable bonds is 8. The van der Waals surface area contributed by atoms with Crippen molar-refractivity contribution in [2.75, 3.05) is 0 Å². The second-order valence-electron chi connectivity index (χ2n) is 9.81. The predicted molar refractivity (Wildman–Crippen MR) is 119 cm³/mol. The SMILES string of the molecule is CCCCCC(=O)OC1CCCCC1c1ccc(O[Si](C)(C)C(C)(C)C)cc1. The minimum Gasteiger partial charge on any atom is -0.544 e. The van der Waals surface area contributed by atoms with Crippen LogP contribution in [0.2, 0.25) is 18.1 Å². The average Bonchev–Trinajstić information content (AvgIpc) is 2.62. The van der Waals surface area contributed by atoms with Crippen LogP contribution in [0.1, 0.15) is 90.5 Å². The Labute approximate surface area is 173 Å². The first kappa shape index (κ1) is 23.0. The Balaban J connectivity index is 2.02. The minimum absolute atomic E-state index is 0.0232. The summed E-state index contributed by atoms with van der Waals surface area (Å²) in [4.78, 5) is 12.2. The van der Waals surface area contributed by atoms with Gasteiger partial charge in [-0.2, -0.15) is 0 Å². The van der Waals surface area contributed by atoms with Gasteiger partial charge >= 0.3 is 5.97 Å². The van der Waals surface area contributed by atoms with Crippen molar-refractivity contribution >= 4 is 14.3 Å². The highest BCUT2D eigenvalue weighted by Gasteiger charge is 2.39. The van der Waals surface area contributed by atoms with E-state index in [4.69, 9.17) is 9.16 Å². The average molecular weight is 405 g/mol. The van der Waals surface area contributed by atoms with Crippen LogP contribution in [0.4, 0.5) is 0 Å². The molecule has 158 valence electrons. The fourth-order valence-electron chi connectivity index (χ4n) is 3.60. The molecule has 0 saturated heterocycles. The van der Waals surface area contributed by atoms with Gasteiger partial charge < -0.3 is 9.16 Å². The molecule has 1 aromatic rings. The summed E-state index contributed by atoms with van der Waals surface area (Å²) in [5, 5.41) is 0.187. The maximum atomic E-state index is 12.2. The normalized spacial score (nSPS) is 20.6. The highest BCUT2D eigenvalue weighted by molar-refractivity contribution is 6.74. The molecule has 1 fully saturated rings. The van der Waals surface area contributed by atoms with E-state index in [2.05, 4.69) is 65.1 Å². The number of hydrogen-bond acceptors (Lipinski definition) is 3. The van der Waals surface area contributed by atoms with Crippen LogP contribution in [-0.4, -0.2) is 20.4 Å². The van der Waals surface area contributed by atoms with Crippen molar-refractivity contribution in [3.63, 3.8) is 0 Å². The number of carbonyl (C=O) groups excluding carboxylic acids is 1. The van der Waals surface area contributed by atoms with Gasteiger partial charge in [0, 0.05) is 12.3 Å². The summed E-state index contributed by atoms with van der Waals surface area (Å²) < 4.78 is 12.3. The first-order valence-corrected chi connectivity index (χ1v) is 14.0. The Morgan fingerprint density at radius 3 is 2.32 bits per heavy atom. The van der Waals surface area contributed by atoms with E-state index in [0.717, 1.165) is 44.3 Å². The summed E-state index contributed by atoms with van der Waals surface area (Å²) in [5.74, 6) is 1.24. The van der Waals surface area contributed by atoms with Crippen LogP contribution < -0.4 is 4.43 Å². The van der Waals surface area contributed by atoms with Crippen LogP contribution in [0.3, 0.4) is 0 Å². The lowest BCUT2D eigenvalue weighted by Crippen LogP contribution is -2.43. The molecule has 0 heterocycles. The maximum absolute atomic E-state index is 12.2. The van der Waals surface area contributed by atoms with Gasteiger partial charge in [-0.25, -0.2) is 0 Å². The lowest BCUT2D eigenvalue weighted by Gasteiger charge is -2.36. The van der Waals surface area contributed by atoms with Gasteiger partial charge in [-0.1, -0.05) is 59.1 Å². The van der Waals surface area contributed by atoms with E-state index in [1.807, 2.05) is 0 Å². The Hall–Kier alpha value is -1.29. The molecule has 3 nitrogen and oxygen atoms in total. The van der Waals surface area contributed by atoms with E-state index in [9.17, 15) is 4.79 Å². The first-order valence-electron chi connectivity index (χ1n) is 11.1. The number of ether oxygens (including phenoxy) is 1. The number of esters is 1. The summed E-state index contributed by atoms with van der Waals surface area (Å²) in [6.07, 6.45) is 8.16. The molecule has 0 amide bonds. The second-order valence-corrected chi connectivity index (χ2v) is 14.5. The molecular weight excluding hydrogens is 364 g/mol. The summed E-state index contributed by atoms with van der Waals surface area (Å²) in [5.41, 5.74) is 1.27. The van der Waals surface area contributed by atoms with Crippen LogP contribution in [0.15, 0.2) is 24.3 Å². The Bertz CT molecular complexity index is 616. The van der Waals surface area contributed by atoms with Crippen LogP contribution in [0.25, 0.3) is 0 Å². The van der Waals surface area contributed by atoms with E-state index < -0.39 is 8.32 Å². The fraction of sp³-hybridized carbons (Fsp3) is 0.708. The van der Waals surface area contributed by atoms with Crippen molar-refractivity contribution < 1.29 is 14.0 Å². The van der Waals surface area contributed by atoms with E-state index in [1.54, 1.807) is 0 Å². The van der Waals surface area contributed by atoms with Crippen molar-refractivity contribution in [2.24, 2.45) is 0 Å². The van der Waals surface area contributed by atoms with Gasteiger partial charge in [0.15, 0.2) is 0 Å². The maximum Gasteiger partial charge on any atom is 0.306 e. The number of hydrogen-bond donors (Lipinski definition) is 0. The topological polar surface area (TPSA) is 35.5 Å². The van der Waals surface area contributed by atoms with E-state index in [-0.39, 0.29) is 17.1 Å². The van der Waals surface area contributed by atoms with Crippen LogP contribution in [-0.2, 0) is 9.53 Å². The van der Waals surface area contributed by atoms with Gasteiger partial charge in [0.05, 0.1) is 0 Å². The second kappa shape index (κ2) is 9.95. The van der Waals surface area contributed by atoms with Crippen molar-refractivity contribution in [2.45, 2.75) is 109 Å². The number of carbonyl (C=O) groups is 1. The Morgan fingerprint density at radius 1 is 1.07 bits per heavy atom. The molecular formula is C24H40O3Si. The third-order valence-electron chi connectivity index (χ3n) is 6.46. The van der Waals surface area contributed by atoms with Crippen molar-refractivity contribution in [3.05, 3.63) is 29.8 Å². The monoisotopic (exact) mass is 404 g/mol. The highest BCUT2D eigenvalue weighted by Crippen LogP contribution is 2.39. The molecule has 0 aromatic heterocycles. The van der Waals surface area contributed by atoms with Crippen LogP contribution in [0.5, 0.6) is 5.75 Å². The first-order chi connectivity index (χ1) is 13.1. The molecule has 0 N–H and O–H groups in total. The third-order valence-corrected chi connectivity index (χ3v) is 10.8. The largest absolute Gasteiger partial charge is 0.544 e. The number of unbranched alkanes of at least 4 members (excludes halogenated alkanes) is 2. The molecule has 0 spiro atoms. The van der Waals surface area contributed by atoms with E-state index >= 15 is 0 Å². The zero-order valence-electron chi connectivity index (χ0n) is 18.8. The molecule has 2 atom stereocenters. The minimum atomic E-state index is -1.82. The van der Waals surface area contributed by atoms with E-state index in [0.29, 0.717) is 12.3 Å². The van der Waals surface area contributed by atoms with Gasteiger partial charge in [0.1, 0.15) is 11.9 Å². The summed E-state index contributed by atoms with van der Waals surface area (Å²) in [6.45, 7) is 13.5. The molecule has 1 aromatic carbocycles. The molecule has 2 rings (SSSR count). The van der Waals surface area contributed by atoms with Crippen molar-refractivity contribution in [3.8, 4) is 5.75 Å². The fourth-order valence-corrected chi connectivity index (χ4v) is 4.63. The molecule has 28 heavy (non-hydrogen) atoms. The van der Waals surface area contributed by atoms with Gasteiger partial charge in [0.2, 0.25) is 8.32 Å². The van der Waals surface area contributed by atoms with Gasteiger partial charge in [0.25, 0.3) is 0 Å². The Kier molecular flexibility index (Phi) is 8.17. The zero-order chi connectivity index (χ0) is 20.8. The summed E-state index contributed by atoms with van der Waals surface area (Å²) >= 11 is 0. The van der Waals surface area contributed by atoms with E-state index in [1.165, 1.54) is 12.0 Å².